The van der Waals surface area contributed by atoms with E-state index in [4.69, 9.17) is 0 Å². The molecule has 1 aliphatic carbocycles. The second-order valence-electron chi connectivity index (χ2n) is 5.74. The number of anilines is 3. The molecule has 0 atom stereocenters. The Bertz CT molecular complexity index is 835. The Kier molecular flexibility index (Phi) is 4.28. The summed E-state index contributed by atoms with van der Waals surface area (Å²) in [6.07, 6.45) is -2.23. The van der Waals surface area contributed by atoms with Crippen LogP contribution in [0.15, 0.2) is 6.20 Å². The fourth-order valence-corrected chi connectivity index (χ4v) is 3.43. The molecule has 2 aromatic rings. The molecule has 0 saturated heterocycles. The summed E-state index contributed by atoms with van der Waals surface area (Å²) in [5.41, 5.74) is -0.760. The second-order valence-corrected chi connectivity index (χ2v) is 6.74. The Morgan fingerprint density at radius 1 is 1.36 bits per heavy atom. The molecule has 2 aromatic heterocycles. The van der Waals surface area contributed by atoms with Crippen LogP contribution in [0.1, 0.15) is 36.0 Å². The van der Waals surface area contributed by atoms with Crippen LogP contribution in [0.25, 0.3) is 0 Å². The summed E-state index contributed by atoms with van der Waals surface area (Å²) >= 11 is 1.31. The molecule has 0 bridgehead atoms. The highest BCUT2D eigenvalue weighted by Gasteiger charge is 2.48. The predicted octanol–water partition coefficient (Wildman–Crippen LogP) is 3.99. The zero-order valence-corrected chi connectivity index (χ0v) is 14.3. The third-order valence-electron chi connectivity index (χ3n) is 3.83. The smallest absolute Gasteiger partial charge is 0.370 e. The lowest BCUT2D eigenvalue weighted by Gasteiger charge is -2.13. The van der Waals surface area contributed by atoms with Gasteiger partial charge in [-0.1, -0.05) is 11.3 Å². The molecule has 132 valence electrons. The van der Waals surface area contributed by atoms with E-state index in [2.05, 4.69) is 31.7 Å². The van der Waals surface area contributed by atoms with Gasteiger partial charge in [-0.15, -0.1) is 0 Å². The minimum Gasteiger partial charge on any atom is -0.370 e. The highest BCUT2D eigenvalue weighted by molar-refractivity contribution is 7.16. The topological polar surface area (TPSA) is 86.5 Å². The van der Waals surface area contributed by atoms with Gasteiger partial charge in [0.05, 0.1) is 11.8 Å². The lowest BCUT2D eigenvalue weighted by Crippen LogP contribution is -2.14. The normalized spacial score (nSPS) is 15.5. The Morgan fingerprint density at radius 3 is 2.64 bits per heavy atom. The first-order chi connectivity index (χ1) is 11.8. The lowest BCUT2D eigenvalue weighted by molar-refractivity contribution is -0.137. The number of nitriles is 1. The van der Waals surface area contributed by atoms with Crippen molar-refractivity contribution in [2.24, 2.45) is 0 Å². The maximum absolute atomic E-state index is 13.0. The van der Waals surface area contributed by atoms with E-state index >= 15 is 0 Å². The van der Waals surface area contributed by atoms with Gasteiger partial charge in [0.15, 0.2) is 0 Å². The summed E-state index contributed by atoms with van der Waals surface area (Å²) in [5.74, 6) is -0.227. The SMILES string of the molecule is CCNc1nc(Nc2sc(C3(C#N)CC3)nc2C)ncc1C(F)(F)F. The van der Waals surface area contributed by atoms with E-state index in [1.54, 1.807) is 13.8 Å². The molecule has 0 aromatic carbocycles. The van der Waals surface area contributed by atoms with Crippen molar-refractivity contribution in [3.05, 3.63) is 22.5 Å². The third kappa shape index (κ3) is 3.37. The maximum atomic E-state index is 13.0. The molecule has 1 saturated carbocycles. The number of thiazole rings is 1. The van der Waals surface area contributed by atoms with Crippen molar-refractivity contribution in [3.8, 4) is 6.07 Å². The number of aromatic nitrogens is 3. The van der Waals surface area contributed by atoms with Crippen molar-refractivity contribution in [1.82, 2.24) is 15.0 Å². The Hall–Kier alpha value is -2.41. The van der Waals surface area contributed by atoms with Gasteiger partial charge in [-0.2, -0.15) is 23.4 Å². The highest BCUT2D eigenvalue weighted by Crippen LogP contribution is 2.50. The van der Waals surface area contributed by atoms with Crippen LogP contribution in [0.5, 0.6) is 0 Å². The molecule has 0 aliphatic heterocycles. The largest absolute Gasteiger partial charge is 0.421 e. The molecule has 25 heavy (non-hydrogen) atoms. The van der Waals surface area contributed by atoms with Crippen LogP contribution in [0.3, 0.4) is 0 Å². The number of aryl methyl sites for hydroxylation is 1. The lowest BCUT2D eigenvalue weighted by atomic mass is 10.1. The van der Waals surface area contributed by atoms with Gasteiger partial charge in [0, 0.05) is 12.7 Å². The zero-order chi connectivity index (χ0) is 18.2. The van der Waals surface area contributed by atoms with E-state index in [0.717, 1.165) is 19.0 Å². The number of rotatable bonds is 5. The fourth-order valence-electron chi connectivity index (χ4n) is 2.27. The summed E-state index contributed by atoms with van der Waals surface area (Å²) in [5, 5.41) is 16.1. The number of hydrogen-bond donors (Lipinski definition) is 2. The Balaban J connectivity index is 1.89. The number of nitrogens with one attached hydrogen (secondary N) is 2. The van der Waals surface area contributed by atoms with Crippen molar-refractivity contribution in [2.75, 3.05) is 17.2 Å². The molecule has 6 nitrogen and oxygen atoms in total. The van der Waals surface area contributed by atoms with Crippen LogP contribution in [-0.4, -0.2) is 21.5 Å². The van der Waals surface area contributed by atoms with Gasteiger partial charge in [0.25, 0.3) is 0 Å². The molecule has 0 unspecified atom stereocenters. The second kappa shape index (κ2) is 6.15. The minimum absolute atomic E-state index is 0.0454. The van der Waals surface area contributed by atoms with Gasteiger partial charge in [0.1, 0.15) is 26.8 Å². The van der Waals surface area contributed by atoms with Crippen LogP contribution < -0.4 is 10.6 Å². The zero-order valence-electron chi connectivity index (χ0n) is 13.5. The first kappa shape index (κ1) is 17.4. The summed E-state index contributed by atoms with van der Waals surface area (Å²) in [6.45, 7) is 3.75. The van der Waals surface area contributed by atoms with E-state index in [9.17, 15) is 18.4 Å². The summed E-state index contributed by atoms with van der Waals surface area (Å²) in [7, 11) is 0. The molecular weight excluding hydrogens is 353 g/mol. The van der Waals surface area contributed by atoms with Gasteiger partial charge in [-0.3, -0.25) is 0 Å². The summed E-state index contributed by atoms with van der Waals surface area (Å²) < 4.78 is 39.0. The molecule has 0 spiro atoms. The maximum Gasteiger partial charge on any atom is 0.421 e. The van der Waals surface area contributed by atoms with Crippen molar-refractivity contribution in [3.63, 3.8) is 0 Å². The average molecular weight is 368 g/mol. The number of halogens is 3. The third-order valence-corrected chi connectivity index (χ3v) is 5.11. The molecule has 1 fully saturated rings. The predicted molar refractivity (Wildman–Crippen MR) is 87.9 cm³/mol. The standard InChI is InChI=1S/C15H15F3N6S/c1-3-20-10-9(15(16,17)18)6-21-13(23-10)24-11-8(2)22-12(25-11)14(7-19)4-5-14/h6H,3-5H2,1-2H3,(H2,20,21,23,24). The van der Waals surface area contributed by atoms with Crippen molar-refractivity contribution < 1.29 is 13.2 Å². The van der Waals surface area contributed by atoms with Gasteiger partial charge in [0.2, 0.25) is 5.95 Å². The van der Waals surface area contributed by atoms with Gasteiger partial charge < -0.3 is 10.6 Å². The van der Waals surface area contributed by atoms with E-state index in [1.165, 1.54) is 11.3 Å². The molecule has 10 heteroatoms. The van der Waals surface area contributed by atoms with E-state index in [-0.39, 0.29) is 11.8 Å². The average Bonchev–Trinajstić information content (AvgIpc) is 3.26. The molecule has 0 radical (unpaired) electrons. The number of alkyl halides is 3. The molecule has 1 aliphatic rings. The van der Waals surface area contributed by atoms with Crippen molar-refractivity contribution >= 4 is 28.1 Å². The molecule has 0 amide bonds. The van der Waals surface area contributed by atoms with E-state index in [1.807, 2.05) is 0 Å². The molecular formula is C15H15F3N6S. The monoisotopic (exact) mass is 368 g/mol. The van der Waals surface area contributed by atoms with E-state index < -0.39 is 17.2 Å². The van der Waals surface area contributed by atoms with Crippen molar-refractivity contribution in [2.45, 2.75) is 38.3 Å². The van der Waals surface area contributed by atoms with Gasteiger partial charge >= 0.3 is 6.18 Å². The van der Waals surface area contributed by atoms with Crippen LogP contribution >= 0.6 is 11.3 Å². The molecule has 3 rings (SSSR count). The number of nitrogens with zero attached hydrogens (tertiary/aromatic N) is 4. The van der Waals surface area contributed by atoms with Crippen LogP contribution in [0.4, 0.5) is 29.9 Å². The highest BCUT2D eigenvalue weighted by atomic mass is 32.1. The molecule has 2 heterocycles. The summed E-state index contributed by atoms with van der Waals surface area (Å²) in [6, 6.07) is 2.28. The quantitative estimate of drug-likeness (QED) is 0.830. The first-order valence-corrected chi connectivity index (χ1v) is 8.45. The van der Waals surface area contributed by atoms with Gasteiger partial charge in [-0.25, -0.2) is 9.97 Å². The summed E-state index contributed by atoms with van der Waals surface area (Å²) in [4.78, 5) is 12.1. The van der Waals surface area contributed by atoms with Crippen LogP contribution in [0, 0.1) is 18.3 Å². The van der Waals surface area contributed by atoms with Crippen LogP contribution in [-0.2, 0) is 11.6 Å². The van der Waals surface area contributed by atoms with Crippen LogP contribution in [0.2, 0.25) is 0 Å². The van der Waals surface area contributed by atoms with Gasteiger partial charge in [-0.05, 0) is 26.7 Å². The first-order valence-electron chi connectivity index (χ1n) is 7.63. The van der Waals surface area contributed by atoms with E-state index in [0.29, 0.717) is 22.2 Å². The fraction of sp³-hybridized carbons (Fsp3) is 0.467. The minimum atomic E-state index is -4.53. The Morgan fingerprint density at radius 2 is 2.08 bits per heavy atom. The Labute approximate surface area is 146 Å². The van der Waals surface area contributed by atoms with Crippen molar-refractivity contribution in [1.29, 1.82) is 5.26 Å². The molecule has 2 N–H and O–H groups in total. The number of hydrogen-bond acceptors (Lipinski definition) is 7.